The minimum Gasteiger partial charge on any atom is -0.351 e. The van der Waals surface area contributed by atoms with Crippen LogP contribution in [-0.2, 0) is 11.3 Å². The first kappa shape index (κ1) is 18.4. The number of nitrogens with one attached hydrogen (secondary N) is 2. The first-order valence-corrected chi connectivity index (χ1v) is 7.16. The third-order valence-corrected chi connectivity index (χ3v) is 4.20. The summed E-state index contributed by atoms with van der Waals surface area (Å²) in [6.07, 6.45) is 1.85. The molecule has 1 aliphatic heterocycles. The van der Waals surface area contributed by atoms with Crippen LogP contribution in [0.3, 0.4) is 0 Å². The Morgan fingerprint density at radius 2 is 2.23 bits per heavy atom. The molecule has 0 saturated carbocycles. The molecule has 1 amide bonds. The average Bonchev–Trinajstić information content (AvgIpc) is 2.46. The zero-order chi connectivity index (χ0) is 15.5. The maximum atomic E-state index is 12.3. The summed E-state index contributed by atoms with van der Waals surface area (Å²) in [5, 5.41) is 17.1. The lowest BCUT2D eigenvalue weighted by molar-refractivity contribution is -0.385. The second kappa shape index (κ2) is 7.56. The number of benzene rings is 1. The number of amides is 1. The van der Waals surface area contributed by atoms with Crippen molar-refractivity contribution in [3.05, 3.63) is 39.4 Å². The third-order valence-electron chi connectivity index (χ3n) is 4.20. The van der Waals surface area contributed by atoms with E-state index in [9.17, 15) is 14.9 Å². The van der Waals surface area contributed by atoms with E-state index < -0.39 is 10.3 Å². The molecule has 0 aromatic heterocycles. The van der Waals surface area contributed by atoms with Crippen molar-refractivity contribution in [1.29, 1.82) is 0 Å². The van der Waals surface area contributed by atoms with Crippen molar-refractivity contribution in [2.24, 2.45) is 5.41 Å². The van der Waals surface area contributed by atoms with Crippen LogP contribution >= 0.6 is 12.4 Å². The molecule has 2 rings (SSSR count). The van der Waals surface area contributed by atoms with Crippen molar-refractivity contribution < 1.29 is 9.72 Å². The first-order valence-electron chi connectivity index (χ1n) is 7.16. The highest BCUT2D eigenvalue weighted by Crippen LogP contribution is 2.26. The van der Waals surface area contributed by atoms with Crippen molar-refractivity contribution in [1.82, 2.24) is 10.6 Å². The van der Waals surface area contributed by atoms with Crippen LogP contribution in [-0.4, -0.2) is 23.9 Å². The first-order chi connectivity index (χ1) is 9.94. The molecule has 22 heavy (non-hydrogen) atoms. The molecule has 1 fully saturated rings. The fraction of sp³-hybridized carbons (Fsp3) is 0.533. The molecule has 1 heterocycles. The topological polar surface area (TPSA) is 84.3 Å². The van der Waals surface area contributed by atoms with Crippen molar-refractivity contribution in [2.45, 2.75) is 33.2 Å². The van der Waals surface area contributed by atoms with E-state index in [4.69, 9.17) is 0 Å². The Kier molecular flexibility index (Phi) is 6.32. The fourth-order valence-electron chi connectivity index (χ4n) is 2.70. The summed E-state index contributed by atoms with van der Waals surface area (Å²) in [7, 11) is 0. The van der Waals surface area contributed by atoms with Crippen LogP contribution in [0.5, 0.6) is 0 Å². The molecule has 0 aliphatic carbocycles. The van der Waals surface area contributed by atoms with E-state index in [0.29, 0.717) is 18.7 Å². The zero-order valence-corrected chi connectivity index (χ0v) is 13.7. The minimum atomic E-state index is -0.396. The normalized spacial score (nSPS) is 20.8. The summed E-state index contributed by atoms with van der Waals surface area (Å²) in [4.78, 5) is 22.9. The third kappa shape index (κ3) is 3.96. The number of halogens is 1. The van der Waals surface area contributed by atoms with Crippen LogP contribution in [0.25, 0.3) is 0 Å². The summed E-state index contributed by atoms with van der Waals surface area (Å²) in [6, 6.07) is 4.94. The van der Waals surface area contributed by atoms with Crippen LogP contribution in [0.2, 0.25) is 0 Å². The molecule has 0 bridgehead atoms. The van der Waals surface area contributed by atoms with Crippen LogP contribution in [0.1, 0.15) is 30.9 Å². The van der Waals surface area contributed by atoms with Gasteiger partial charge in [-0.25, -0.2) is 0 Å². The maximum absolute atomic E-state index is 12.3. The lowest BCUT2D eigenvalue weighted by Crippen LogP contribution is -2.48. The molecule has 1 aromatic carbocycles. The quantitative estimate of drug-likeness (QED) is 0.656. The van der Waals surface area contributed by atoms with E-state index in [2.05, 4.69) is 10.6 Å². The highest BCUT2D eigenvalue weighted by atomic mass is 35.5. The molecule has 6 nitrogen and oxygen atoms in total. The molecular weight excluding hydrogens is 306 g/mol. The number of carbonyl (C=O) groups excluding carboxylic acids is 1. The number of carbonyl (C=O) groups is 1. The second-order valence-electron chi connectivity index (χ2n) is 5.84. The Bertz CT molecular complexity index is 557. The predicted molar refractivity (Wildman–Crippen MR) is 87.1 cm³/mol. The van der Waals surface area contributed by atoms with Gasteiger partial charge in [-0.05, 0) is 38.8 Å². The number of rotatable bonds is 4. The lowest BCUT2D eigenvalue weighted by atomic mass is 9.82. The highest BCUT2D eigenvalue weighted by Gasteiger charge is 2.34. The maximum Gasteiger partial charge on any atom is 0.272 e. The Balaban J connectivity index is 0.00000242. The summed E-state index contributed by atoms with van der Waals surface area (Å²) in [5.41, 5.74) is 1.08. The van der Waals surface area contributed by atoms with Gasteiger partial charge in [0.05, 0.1) is 10.3 Å². The van der Waals surface area contributed by atoms with Gasteiger partial charge in [0.25, 0.3) is 5.69 Å². The molecule has 0 spiro atoms. The number of nitrogens with zero attached hydrogens (tertiary/aromatic N) is 1. The minimum absolute atomic E-state index is 0. The van der Waals surface area contributed by atoms with Gasteiger partial charge in [0.1, 0.15) is 0 Å². The molecule has 1 saturated heterocycles. The van der Waals surface area contributed by atoms with Gasteiger partial charge < -0.3 is 10.6 Å². The molecule has 1 aliphatic rings. The Morgan fingerprint density at radius 3 is 2.82 bits per heavy atom. The van der Waals surface area contributed by atoms with Gasteiger partial charge in [0.2, 0.25) is 5.91 Å². The van der Waals surface area contributed by atoms with E-state index in [1.54, 1.807) is 13.0 Å². The van der Waals surface area contributed by atoms with E-state index in [-0.39, 0.29) is 24.0 Å². The largest absolute Gasteiger partial charge is 0.351 e. The molecular formula is C15H22ClN3O3. The molecule has 1 aromatic rings. The zero-order valence-electron chi connectivity index (χ0n) is 12.8. The van der Waals surface area contributed by atoms with Crippen LogP contribution in [0, 0.1) is 22.5 Å². The number of nitro benzene ring substituents is 1. The van der Waals surface area contributed by atoms with Crippen LogP contribution < -0.4 is 10.6 Å². The standard InChI is InChI=1S/C15H21N3O3.ClH/c1-11-12(5-3-6-13(11)18(20)21)9-17-14(19)15(2)7-4-8-16-10-15;/h3,5-6,16H,4,7-10H2,1-2H3,(H,17,19);1H. The van der Waals surface area contributed by atoms with E-state index in [1.807, 2.05) is 13.0 Å². The van der Waals surface area contributed by atoms with Gasteiger partial charge in [-0.15, -0.1) is 12.4 Å². The average molecular weight is 328 g/mol. The van der Waals surface area contributed by atoms with Crippen molar-refractivity contribution >= 4 is 24.0 Å². The van der Waals surface area contributed by atoms with Gasteiger partial charge in [0, 0.05) is 24.7 Å². The predicted octanol–water partition coefficient (Wildman–Crippen LogP) is 2.33. The van der Waals surface area contributed by atoms with Crippen molar-refractivity contribution in [2.75, 3.05) is 13.1 Å². The molecule has 0 radical (unpaired) electrons. The smallest absolute Gasteiger partial charge is 0.272 e. The Morgan fingerprint density at radius 1 is 1.50 bits per heavy atom. The molecule has 7 heteroatoms. The lowest BCUT2D eigenvalue weighted by Gasteiger charge is -2.32. The second-order valence-corrected chi connectivity index (χ2v) is 5.84. The molecule has 122 valence electrons. The van der Waals surface area contributed by atoms with Crippen LogP contribution in [0.15, 0.2) is 18.2 Å². The summed E-state index contributed by atoms with van der Waals surface area (Å²) in [6.45, 7) is 5.61. The Hall–Kier alpha value is -1.66. The van der Waals surface area contributed by atoms with Crippen molar-refractivity contribution in [3.8, 4) is 0 Å². The summed E-state index contributed by atoms with van der Waals surface area (Å²) >= 11 is 0. The SMILES string of the molecule is Cc1c(CNC(=O)C2(C)CCCNC2)cccc1[N+](=O)[O-].Cl. The van der Waals surface area contributed by atoms with E-state index in [0.717, 1.165) is 24.9 Å². The monoisotopic (exact) mass is 327 g/mol. The van der Waals surface area contributed by atoms with Gasteiger partial charge in [0.15, 0.2) is 0 Å². The molecule has 2 N–H and O–H groups in total. The number of hydrogen-bond donors (Lipinski definition) is 2. The number of piperidine rings is 1. The van der Waals surface area contributed by atoms with E-state index in [1.165, 1.54) is 6.07 Å². The summed E-state index contributed by atoms with van der Waals surface area (Å²) in [5.74, 6) is 0.000561. The highest BCUT2D eigenvalue weighted by molar-refractivity contribution is 5.85. The van der Waals surface area contributed by atoms with Gasteiger partial charge in [-0.1, -0.05) is 12.1 Å². The van der Waals surface area contributed by atoms with Gasteiger partial charge in [-0.3, -0.25) is 14.9 Å². The van der Waals surface area contributed by atoms with E-state index >= 15 is 0 Å². The summed E-state index contributed by atoms with van der Waals surface area (Å²) < 4.78 is 0. The number of nitro groups is 1. The fourth-order valence-corrected chi connectivity index (χ4v) is 2.70. The van der Waals surface area contributed by atoms with Crippen LogP contribution in [0.4, 0.5) is 5.69 Å². The van der Waals surface area contributed by atoms with Crippen molar-refractivity contribution in [3.63, 3.8) is 0 Å². The van der Waals surface area contributed by atoms with Gasteiger partial charge >= 0.3 is 0 Å². The molecule has 1 unspecified atom stereocenters. The number of hydrogen-bond acceptors (Lipinski definition) is 4. The van der Waals surface area contributed by atoms with Gasteiger partial charge in [-0.2, -0.15) is 0 Å². The molecule has 1 atom stereocenters. The Labute approximate surface area is 136 Å².